The van der Waals surface area contributed by atoms with Gasteiger partial charge in [-0.1, -0.05) is 121 Å². The smallest absolute Gasteiger partial charge is 0.143 e. The fourth-order valence-electron chi connectivity index (χ4n) is 8.68. The van der Waals surface area contributed by atoms with Crippen molar-refractivity contribution in [2.45, 2.75) is 13.8 Å². The molecule has 0 aliphatic rings. The van der Waals surface area contributed by atoms with Crippen molar-refractivity contribution in [2.75, 3.05) is 0 Å². The summed E-state index contributed by atoms with van der Waals surface area (Å²) in [6.45, 7) is 4.00. The quantitative estimate of drug-likeness (QED) is 0.174. The third kappa shape index (κ3) is 4.41. The fraction of sp³-hybridized carbons (Fsp3) is 0.0400. The van der Waals surface area contributed by atoms with Gasteiger partial charge in [0.05, 0.1) is 0 Å². The molecule has 11 rings (SSSR count). The number of para-hydroxylation sites is 1. The van der Waals surface area contributed by atoms with E-state index in [4.69, 9.17) is 13.3 Å². The van der Waals surface area contributed by atoms with Gasteiger partial charge in [-0.05, 0) is 104 Å². The van der Waals surface area contributed by atoms with E-state index < -0.39 is 0 Å². The van der Waals surface area contributed by atoms with Crippen LogP contribution in [0, 0.1) is 13.8 Å². The number of rotatable bonds is 4. The van der Waals surface area contributed by atoms with Crippen molar-refractivity contribution in [2.24, 2.45) is 0 Å². The maximum Gasteiger partial charge on any atom is 0.143 e. The summed E-state index contributed by atoms with van der Waals surface area (Å²) >= 11 is 0. The largest absolute Gasteiger partial charge is 0.461 e. The maximum absolute atomic E-state index is 7.00. The monoisotopic (exact) mass is 680 g/mol. The highest BCUT2D eigenvalue weighted by atomic mass is 16.3. The van der Waals surface area contributed by atoms with Crippen LogP contribution in [0.5, 0.6) is 0 Å². The van der Waals surface area contributed by atoms with Crippen molar-refractivity contribution < 1.29 is 13.3 Å². The molecule has 0 aliphatic heterocycles. The topological polar surface area (TPSA) is 39.4 Å². The minimum Gasteiger partial charge on any atom is -0.461 e. The Hall–Kier alpha value is -6.84. The summed E-state index contributed by atoms with van der Waals surface area (Å²) in [5.74, 6) is 3.56. The Labute approximate surface area is 305 Å². The summed E-state index contributed by atoms with van der Waals surface area (Å²) in [6, 6.07) is 56.1. The van der Waals surface area contributed by atoms with Crippen molar-refractivity contribution in [1.82, 2.24) is 0 Å². The van der Waals surface area contributed by atoms with Crippen LogP contribution in [0.2, 0.25) is 0 Å². The van der Waals surface area contributed by atoms with E-state index in [0.717, 1.165) is 105 Å². The predicted octanol–water partition coefficient (Wildman–Crippen LogP) is 14.7. The Bertz CT molecular complexity index is 3140. The zero-order valence-corrected chi connectivity index (χ0v) is 29.2. The highest BCUT2D eigenvalue weighted by Gasteiger charge is 2.23. The van der Waals surface area contributed by atoms with E-state index in [1.165, 1.54) is 16.3 Å². The molecule has 0 spiro atoms. The third-order valence-electron chi connectivity index (χ3n) is 10.9. The van der Waals surface area contributed by atoms with Gasteiger partial charge in [0.15, 0.2) is 0 Å². The van der Waals surface area contributed by atoms with Crippen molar-refractivity contribution in [3.05, 3.63) is 169 Å². The second kappa shape index (κ2) is 11.3. The Kier molecular flexibility index (Phi) is 6.38. The van der Waals surface area contributed by atoms with Crippen molar-refractivity contribution in [1.29, 1.82) is 0 Å². The lowest BCUT2D eigenvalue weighted by atomic mass is 9.87. The highest BCUT2D eigenvalue weighted by Crippen LogP contribution is 2.48. The summed E-state index contributed by atoms with van der Waals surface area (Å²) in [7, 11) is 0. The molecule has 3 aromatic heterocycles. The van der Waals surface area contributed by atoms with Crippen LogP contribution in [0.15, 0.2) is 171 Å². The Balaban J connectivity index is 1.17. The molecule has 0 N–H and O–H groups in total. The molecule has 53 heavy (non-hydrogen) atoms. The van der Waals surface area contributed by atoms with E-state index in [1.807, 2.05) is 26.0 Å². The zero-order valence-electron chi connectivity index (χ0n) is 29.2. The third-order valence-corrected chi connectivity index (χ3v) is 10.9. The van der Waals surface area contributed by atoms with E-state index in [1.54, 1.807) is 0 Å². The van der Waals surface area contributed by atoms with Crippen LogP contribution in [0.3, 0.4) is 0 Å². The molecule has 0 fully saturated rings. The van der Waals surface area contributed by atoms with Gasteiger partial charge in [-0.3, -0.25) is 0 Å². The molecule has 3 nitrogen and oxygen atoms in total. The molecular weight excluding hydrogens is 649 g/mol. The standard InChI is InChI=1S/C50H32O3/c1-29-22-26-43(51-29)48-37-16-7-3-12-33(37)46(34-13-4-8-17-38(34)48)31-24-25-32-41-20-11-21-42(50(41)53-45(32)28-31)47-35-14-5-9-18-39(35)49(44-27-23-30(2)52-44)40-19-10-6-15-36(40)47/h3-28H,1-2H3. The van der Waals surface area contributed by atoms with Gasteiger partial charge >= 0.3 is 0 Å². The molecule has 0 atom stereocenters. The fourth-order valence-corrected chi connectivity index (χ4v) is 8.68. The number of benzene rings is 8. The molecule has 11 aromatic rings. The summed E-state index contributed by atoms with van der Waals surface area (Å²) in [5, 5.41) is 11.5. The molecule has 3 heterocycles. The number of furan rings is 3. The van der Waals surface area contributed by atoms with Gasteiger partial charge in [-0.25, -0.2) is 0 Å². The first kappa shape index (κ1) is 29.8. The minimum absolute atomic E-state index is 0.861. The lowest BCUT2D eigenvalue weighted by molar-refractivity contribution is 0.549. The molecule has 0 saturated heterocycles. The van der Waals surface area contributed by atoms with Crippen LogP contribution < -0.4 is 0 Å². The predicted molar refractivity (Wildman–Crippen MR) is 219 cm³/mol. The van der Waals surface area contributed by atoms with Crippen LogP contribution in [-0.2, 0) is 0 Å². The zero-order chi connectivity index (χ0) is 35.2. The van der Waals surface area contributed by atoms with E-state index >= 15 is 0 Å². The molecule has 0 amide bonds. The first-order valence-corrected chi connectivity index (χ1v) is 18.1. The molecule has 3 heteroatoms. The van der Waals surface area contributed by atoms with Crippen LogP contribution in [0.4, 0.5) is 0 Å². The first-order chi connectivity index (χ1) is 26.1. The number of fused-ring (bicyclic) bond motifs is 7. The van der Waals surface area contributed by atoms with Crippen LogP contribution >= 0.6 is 0 Å². The molecule has 0 bridgehead atoms. The first-order valence-electron chi connectivity index (χ1n) is 18.1. The van der Waals surface area contributed by atoms with E-state index in [-0.39, 0.29) is 0 Å². The van der Waals surface area contributed by atoms with Gasteiger partial charge < -0.3 is 13.3 Å². The Morgan fingerprint density at radius 2 is 0.755 bits per heavy atom. The Morgan fingerprint density at radius 1 is 0.321 bits per heavy atom. The van der Waals surface area contributed by atoms with Gasteiger partial charge in [-0.15, -0.1) is 0 Å². The summed E-state index contributed by atoms with van der Waals surface area (Å²) in [6.07, 6.45) is 0. The second-order valence-corrected chi connectivity index (χ2v) is 14.0. The van der Waals surface area contributed by atoms with Gasteiger partial charge in [0.25, 0.3) is 0 Å². The number of hydrogen-bond acceptors (Lipinski definition) is 3. The summed E-state index contributed by atoms with van der Waals surface area (Å²) in [4.78, 5) is 0. The minimum atomic E-state index is 0.861. The average molecular weight is 681 g/mol. The second-order valence-electron chi connectivity index (χ2n) is 14.0. The van der Waals surface area contributed by atoms with Gasteiger partial charge in [-0.2, -0.15) is 0 Å². The number of aryl methyl sites for hydroxylation is 2. The molecule has 0 radical (unpaired) electrons. The Morgan fingerprint density at radius 3 is 1.21 bits per heavy atom. The van der Waals surface area contributed by atoms with E-state index in [0.29, 0.717) is 0 Å². The SMILES string of the molecule is Cc1ccc(-c2c3ccccc3c(-c3ccc4c(c3)oc3c(-c5c6ccccc6c(-c6ccc(C)o6)c6ccccc56)cccc34)c3ccccc23)o1. The van der Waals surface area contributed by atoms with Crippen molar-refractivity contribution >= 4 is 65.0 Å². The molecule has 8 aromatic carbocycles. The van der Waals surface area contributed by atoms with Crippen LogP contribution in [0.25, 0.3) is 110 Å². The number of hydrogen-bond donors (Lipinski definition) is 0. The van der Waals surface area contributed by atoms with Crippen molar-refractivity contribution in [3.8, 4) is 44.9 Å². The average Bonchev–Trinajstić information content (AvgIpc) is 3.93. The van der Waals surface area contributed by atoms with Gasteiger partial charge in [0.1, 0.15) is 34.2 Å². The van der Waals surface area contributed by atoms with E-state index in [2.05, 4.69) is 146 Å². The summed E-state index contributed by atoms with van der Waals surface area (Å²) < 4.78 is 19.5. The van der Waals surface area contributed by atoms with E-state index in [9.17, 15) is 0 Å². The van der Waals surface area contributed by atoms with Crippen LogP contribution in [0.1, 0.15) is 11.5 Å². The molecule has 0 aliphatic carbocycles. The van der Waals surface area contributed by atoms with Gasteiger partial charge in [0.2, 0.25) is 0 Å². The lowest BCUT2D eigenvalue weighted by Crippen LogP contribution is -1.90. The normalized spacial score (nSPS) is 12.0. The molecule has 250 valence electrons. The maximum atomic E-state index is 7.00. The van der Waals surface area contributed by atoms with Gasteiger partial charge in [0, 0.05) is 33.0 Å². The summed E-state index contributed by atoms with van der Waals surface area (Å²) in [5.41, 5.74) is 8.51. The van der Waals surface area contributed by atoms with Crippen molar-refractivity contribution in [3.63, 3.8) is 0 Å². The molecule has 0 unspecified atom stereocenters. The van der Waals surface area contributed by atoms with Crippen LogP contribution in [-0.4, -0.2) is 0 Å². The lowest BCUT2D eigenvalue weighted by Gasteiger charge is -2.16. The molecule has 0 saturated carbocycles. The molecular formula is C50H32O3. The highest BCUT2D eigenvalue weighted by molar-refractivity contribution is 6.25.